The lowest BCUT2D eigenvalue weighted by Gasteiger charge is -2.17. The lowest BCUT2D eigenvalue weighted by molar-refractivity contribution is -0.384. The predicted octanol–water partition coefficient (Wildman–Crippen LogP) is 3.51. The molecule has 7 heteroatoms. The van der Waals surface area contributed by atoms with Crippen molar-refractivity contribution >= 4 is 17.5 Å². The van der Waals surface area contributed by atoms with Crippen molar-refractivity contribution in [3.8, 4) is 0 Å². The number of nitro benzene ring substituents is 1. The summed E-state index contributed by atoms with van der Waals surface area (Å²) in [6.45, 7) is 0.0407. The first-order valence-electron chi connectivity index (χ1n) is 6.37. The van der Waals surface area contributed by atoms with Crippen molar-refractivity contribution in [3.05, 3.63) is 70.0 Å². The summed E-state index contributed by atoms with van der Waals surface area (Å²) < 4.78 is 18.2. The van der Waals surface area contributed by atoms with Gasteiger partial charge in [0.05, 0.1) is 11.0 Å². The molecule has 0 aromatic heterocycles. The number of amides is 1. The van der Waals surface area contributed by atoms with Gasteiger partial charge in [0, 0.05) is 7.05 Å². The first-order valence-corrected chi connectivity index (χ1v) is 6.37. The van der Waals surface area contributed by atoms with E-state index in [2.05, 4.69) is 0 Å². The van der Waals surface area contributed by atoms with Crippen LogP contribution in [0.1, 0.15) is 5.56 Å². The van der Waals surface area contributed by atoms with Crippen LogP contribution < -0.4 is 4.90 Å². The Morgan fingerprint density at radius 1 is 1.27 bits per heavy atom. The van der Waals surface area contributed by atoms with Gasteiger partial charge in [0.25, 0.3) is 5.69 Å². The quantitative estimate of drug-likeness (QED) is 0.640. The number of carbonyl (C=O) groups excluding carboxylic acids is 1. The van der Waals surface area contributed by atoms with Crippen molar-refractivity contribution < 1.29 is 18.8 Å². The SMILES string of the molecule is CN(C(=O)OCc1ccccc1)c1ccc(F)cc1[N+](=O)[O-]. The molecule has 1 amide bonds. The number of benzene rings is 2. The molecule has 22 heavy (non-hydrogen) atoms. The molecule has 0 radical (unpaired) electrons. The third-order valence-electron chi connectivity index (χ3n) is 2.97. The van der Waals surface area contributed by atoms with Crippen LogP contribution in [-0.2, 0) is 11.3 Å². The minimum atomic E-state index is -0.765. The van der Waals surface area contributed by atoms with E-state index >= 15 is 0 Å². The number of halogens is 1. The fraction of sp³-hybridized carbons (Fsp3) is 0.133. The van der Waals surface area contributed by atoms with Gasteiger partial charge >= 0.3 is 6.09 Å². The third-order valence-corrected chi connectivity index (χ3v) is 2.97. The second-order valence-corrected chi connectivity index (χ2v) is 4.49. The maximum atomic E-state index is 13.1. The van der Waals surface area contributed by atoms with Crippen molar-refractivity contribution in [2.24, 2.45) is 0 Å². The van der Waals surface area contributed by atoms with E-state index in [0.717, 1.165) is 28.7 Å². The van der Waals surface area contributed by atoms with Crippen molar-refractivity contribution in [2.45, 2.75) is 6.61 Å². The minimum absolute atomic E-state index is 0.0375. The molecule has 0 saturated carbocycles. The highest BCUT2D eigenvalue weighted by Crippen LogP contribution is 2.28. The first kappa shape index (κ1) is 15.4. The molecule has 2 aromatic rings. The fourth-order valence-electron chi connectivity index (χ4n) is 1.84. The molecule has 0 aliphatic carbocycles. The van der Waals surface area contributed by atoms with Crippen LogP contribution in [0.5, 0.6) is 0 Å². The van der Waals surface area contributed by atoms with Gasteiger partial charge in [0.1, 0.15) is 18.1 Å². The molecule has 0 fully saturated rings. The Labute approximate surface area is 125 Å². The number of carbonyl (C=O) groups is 1. The summed E-state index contributed by atoms with van der Waals surface area (Å²) in [4.78, 5) is 23.1. The summed E-state index contributed by atoms with van der Waals surface area (Å²) in [5, 5.41) is 10.9. The Morgan fingerprint density at radius 3 is 2.59 bits per heavy atom. The Morgan fingerprint density at radius 2 is 1.95 bits per heavy atom. The largest absolute Gasteiger partial charge is 0.444 e. The zero-order chi connectivity index (χ0) is 16.1. The lowest BCUT2D eigenvalue weighted by atomic mass is 10.2. The molecule has 0 aliphatic rings. The fourth-order valence-corrected chi connectivity index (χ4v) is 1.84. The normalized spacial score (nSPS) is 10.1. The standard InChI is InChI=1S/C15H13FN2O4/c1-17(13-8-7-12(16)9-14(13)18(20)21)15(19)22-10-11-5-3-2-4-6-11/h2-9H,10H2,1H3. The van der Waals surface area contributed by atoms with Crippen LogP contribution in [0, 0.1) is 15.9 Å². The molecular formula is C15H13FN2O4. The molecule has 0 spiro atoms. The van der Waals surface area contributed by atoms with Gasteiger partial charge in [-0.15, -0.1) is 0 Å². The van der Waals surface area contributed by atoms with Gasteiger partial charge < -0.3 is 4.74 Å². The molecule has 114 valence electrons. The Hall–Kier alpha value is -2.96. The highest BCUT2D eigenvalue weighted by atomic mass is 19.1. The van der Waals surface area contributed by atoms with E-state index in [1.54, 1.807) is 24.3 Å². The number of hydrogen-bond donors (Lipinski definition) is 0. The van der Waals surface area contributed by atoms with Crippen molar-refractivity contribution in [1.29, 1.82) is 0 Å². The second-order valence-electron chi connectivity index (χ2n) is 4.49. The molecule has 0 aliphatic heterocycles. The van der Waals surface area contributed by atoms with Gasteiger partial charge in [0.2, 0.25) is 0 Å². The summed E-state index contributed by atoms with van der Waals surface area (Å²) in [7, 11) is 1.33. The Kier molecular flexibility index (Phi) is 4.67. The smallest absolute Gasteiger partial charge is 0.414 e. The molecule has 0 unspecified atom stereocenters. The molecule has 0 bridgehead atoms. The van der Waals surface area contributed by atoms with Gasteiger partial charge in [-0.1, -0.05) is 30.3 Å². The topological polar surface area (TPSA) is 72.7 Å². The Bertz CT molecular complexity index is 691. The number of anilines is 1. The highest BCUT2D eigenvalue weighted by molar-refractivity contribution is 5.90. The van der Waals surface area contributed by atoms with Gasteiger partial charge in [0.15, 0.2) is 0 Å². The predicted molar refractivity (Wildman–Crippen MR) is 78.1 cm³/mol. The molecular weight excluding hydrogens is 291 g/mol. The van der Waals surface area contributed by atoms with E-state index in [9.17, 15) is 19.3 Å². The zero-order valence-electron chi connectivity index (χ0n) is 11.7. The van der Waals surface area contributed by atoms with Crippen LogP contribution in [0.2, 0.25) is 0 Å². The van der Waals surface area contributed by atoms with Gasteiger partial charge in [-0.2, -0.15) is 0 Å². The second kappa shape index (κ2) is 6.66. The maximum absolute atomic E-state index is 13.1. The summed E-state index contributed by atoms with van der Waals surface area (Å²) >= 11 is 0. The molecule has 0 atom stereocenters. The number of rotatable bonds is 4. The molecule has 0 N–H and O–H groups in total. The maximum Gasteiger partial charge on any atom is 0.414 e. The van der Waals surface area contributed by atoms with Crippen molar-refractivity contribution in [3.63, 3.8) is 0 Å². The van der Waals surface area contributed by atoms with Crippen LogP contribution in [0.3, 0.4) is 0 Å². The van der Waals surface area contributed by atoms with Crippen LogP contribution in [0.25, 0.3) is 0 Å². The van der Waals surface area contributed by atoms with E-state index in [-0.39, 0.29) is 12.3 Å². The summed E-state index contributed by atoms with van der Waals surface area (Å²) in [5.41, 5.74) is 0.251. The Balaban J connectivity index is 2.12. The highest BCUT2D eigenvalue weighted by Gasteiger charge is 2.23. The van der Waals surface area contributed by atoms with E-state index in [4.69, 9.17) is 4.74 Å². The van der Waals surface area contributed by atoms with Gasteiger partial charge in [-0.3, -0.25) is 15.0 Å². The summed E-state index contributed by atoms with van der Waals surface area (Å²) in [6, 6.07) is 12.0. The summed E-state index contributed by atoms with van der Waals surface area (Å²) in [5.74, 6) is -0.749. The van der Waals surface area contributed by atoms with Crippen LogP contribution in [-0.4, -0.2) is 18.1 Å². The molecule has 2 rings (SSSR count). The minimum Gasteiger partial charge on any atom is -0.444 e. The van der Waals surface area contributed by atoms with E-state index in [1.165, 1.54) is 7.05 Å². The summed E-state index contributed by atoms with van der Waals surface area (Å²) in [6.07, 6.45) is -0.765. The third kappa shape index (κ3) is 3.57. The van der Waals surface area contributed by atoms with E-state index < -0.39 is 22.5 Å². The molecule has 0 heterocycles. The lowest BCUT2D eigenvalue weighted by Crippen LogP contribution is -2.27. The van der Waals surface area contributed by atoms with E-state index in [1.807, 2.05) is 6.07 Å². The molecule has 6 nitrogen and oxygen atoms in total. The average Bonchev–Trinajstić information content (AvgIpc) is 2.52. The zero-order valence-corrected chi connectivity index (χ0v) is 11.7. The molecule has 2 aromatic carbocycles. The van der Waals surface area contributed by atoms with Crippen LogP contribution >= 0.6 is 0 Å². The van der Waals surface area contributed by atoms with Crippen LogP contribution in [0.15, 0.2) is 48.5 Å². The molecule has 0 saturated heterocycles. The number of ether oxygens (including phenoxy) is 1. The van der Waals surface area contributed by atoms with Gasteiger partial charge in [-0.25, -0.2) is 9.18 Å². The number of nitrogens with zero attached hydrogens (tertiary/aromatic N) is 2. The number of nitro groups is 1. The van der Waals surface area contributed by atoms with Crippen molar-refractivity contribution in [1.82, 2.24) is 0 Å². The van der Waals surface area contributed by atoms with E-state index in [0.29, 0.717) is 0 Å². The number of hydrogen-bond acceptors (Lipinski definition) is 4. The van der Waals surface area contributed by atoms with Crippen LogP contribution in [0.4, 0.5) is 20.6 Å². The average molecular weight is 304 g/mol. The monoisotopic (exact) mass is 304 g/mol. The van der Waals surface area contributed by atoms with Gasteiger partial charge in [-0.05, 0) is 17.7 Å². The first-order chi connectivity index (χ1) is 10.5. The van der Waals surface area contributed by atoms with Crippen molar-refractivity contribution in [2.75, 3.05) is 11.9 Å².